The van der Waals surface area contributed by atoms with E-state index >= 15 is 0 Å². The fraction of sp³-hybridized carbons (Fsp3) is 0.520. The van der Waals surface area contributed by atoms with Crippen LogP contribution in [0.25, 0.3) is 0 Å². The molecule has 0 aliphatic carbocycles. The molecule has 0 amide bonds. The molecule has 2 aliphatic heterocycles. The van der Waals surface area contributed by atoms with Gasteiger partial charge in [-0.25, -0.2) is 4.79 Å². The maximum absolute atomic E-state index is 12.6. The van der Waals surface area contributed by atoms with Crippen LogP contribution in [0.4, 0.5) is 5.69 Å². The van der Waals surface area contributed by atoms with Crippen LogP contribution in [0.3, 0.4) is 0 Å². The number of hydrogen-bond donors (Lipinski definition) is 0. The summed E-state index contributed by atoms with van der Waals surface area (Å²) in [6.07, 6.45) is 1.56. The summed E-state index contributed by atoms with van der Waals surface area (Å²) < 4.78 is 23.5. The lowest BCUT2D eigenvalue weighted by Gasteiger charge is -2.22. The Balaban J connectivity index is 1.59. The average molecular weight is 458 g/mol. The van der Waals surface area contributed by atoms with E-state index in [2.05, 4.69) is 18.9 Å². The number of nitrogens with zero attached hydrogens (tertiary/aromatic N) is 1. The maximum Gasteiger partial charge on any atom is 0.338 e. The van der Waals surface area contributed by atoms with Crippen LogP contribution in [0.15, 0.2) is 54.3 Å². The van der Waals surface area contributed by atoms with Crippen molar-refractivity contribution < 1.29 is 28.7 Å². The van der Waals surface area contributed by atoms with Gasteiger partial charge in [0.05, 0.1) is 29.3 Å². The van der Waals surface area contributed by atoms with Gasteiger partial charge in [0, 0.05) is 18.6 Å². The second kappa shape index (κ2) is 10.4. The van der Waals surface area contributed by atoms with E-state index in [1.54, 1.807) is 0 Å². The smallest absolute Gasteiger partial charge is 0.338 e. The molecule has 33 heavy (non-hydrogen) atoms. The number of non-ortho nitro benzene ring substituents is 1. The van der Waals surface area contributed by atoms with Crippen LogP contribution in [0, 0.1) is 10.1 Å². The number of carbonyl (C=O) groups is 1. The van der Waals surface area contributed by atoms with Crippen LogP contribution in [0.2, 0.25) is 0 Å². The SMILES string of the molecule is C=C=C(C)CC(CC[C@@H]1O[C@@H]([C@H]2COC(C)(C)O2)CC1=C)OC(=O)c1ccc([N+](=O)[O-])cc1. The first-order chi connectivity index (χ1) is 15.6. The van der Waals surface area contributed by atoms with E-state index in [1.807, 2.05) is 20.8 Å². The summed E-state index contributed by atoms with van der Waals surface area (Å²) in [5, 5.41) is 10.8. The van der Waals surface area contributed by atoms with Gasteiger partial charge in [-0.2, -0.15) is 0 Å². The van der Waals surface area contributed by atoms with Crippen LogP contribution < -0.4 is 0 Å². The largest absolute Gasteiger partial charge is 0.458 e. The maximum atomic E-state index is 12.6. The van der Waals surface area contributed by atoms with Gasteiger partial charge in [0.1, 0.15) is 12.2 Å². The minimum atomic E-state index is -0.612. The molecule has 0 radical (unpaired) electrons. The molecule has 0 saturated carbocycles. The van der Waals surface area contributed by atoms with E-state index in [4.69, 9.17) is 18.9 Å². The van der Waals surface area contributed by atoms with Gasteiger partial charge in [-0.1, -0.05) is 13.2 Å². The lowest BCUT2D eigenvalue weighted by molar-refractivity contribution is -0.384. The van der Waals surface area contributed by atoms with Crippen molar-refractivity contribution in [1.29, 1.82) is 0 Å². The highest BCUT2D eigenvalue weighted by atomic mass is 16.7. The Bertz CT molecular complexity index is 946. The fourth-order valence-corrected chi connectivity index (χ4v) is 4.03. The van der Waals surface area contributed by atoms with Crippen LogP contribution >= 0.6 is 0 Å². The molecule has 2 aliphatic rings. The Hall–Kier alpha value is -2.77. The van der Waals surface area contributed by atoms with Crippen molar-refractivity contribution in [2.75, 3.05) is 6.61 Å². The average Bonchev–Trinajstić information content (AvgIpc) is 3.33. The molecular weight excluding hydrogens is 426 g/mol. The first kappa shape index (κ1) is 24.9. The molecule has 1 aromatic carbocycles. The standard InChI is InChI=1S/C25H31NO7/c1-6-16(2)13-20(31-24(27)18-7-9-19(10-8-18)26(28)29)11-12-21-17(3)14-22(32-21)23-15-30-25(4,5)33-23/h7-10,20-23H,1,3,11-15H2,2,4-5H3/t20?,21-,22+,23+/m0/s1. The Labute approximate surface area is 194 Å². The van der Waals surface area contributed by atoms with Crippen LogP contribution in [-0.4, -0.2) is 47.7 Å². The van der Waals surface area contributed by atoms with Crippen molar-refractivity contribution in [3.05, 3.63) is 70.0 Å². The molecular formula is C25H31NO7. The quantitative estimate of drug-likeness (QED) is 0.171. The molecule has 2 fully saturated rings. The van der Waals surface area contributed by atoms with Gasteiger partial charge in [-0.05, 0) is 63.3 Å². The third-order valence-electron chi connectivity index (χ3n) is 5.88. The number of carbonyl (C=O) groups excluding carboxylic acids is 1. The third kappa shape index (κ3) is 6.62. The molecule has 0 N–H and O–H groups in total. The lowest BCUT2D eigenvalue weighted by atomic mass is 9.99. The first-order valence-electron chi connectivity index (χ1n) is 11.0. The topological polar surface area (TPSA) is 97.1 Å². The van der Waals surface area contributed by atoms with E-state index in [-0.39, 0.29) is 29.6 Å². The highest BCUT2D eigenvalue weighted by Gasteiger charge is 2.42. The number of benzene rings is 1. The van der Waals surface area contributed by atoms with Gasteiger partial charge < -0.3 is 18.9 Å². The predicted molar refractivity (Wildman–Crippen MR) is 122 cm³/mol. The van der Waals surface area contributed by atoms with Gasteiger partial charge in [0.15, 0.2) is 5.79 Å². The molecule has 2 heterocycles. The summed E-state index contributed by atoms with van der Waals surface area (Å²) in [5.41, 5.74) is 4.88. The highest BCUT2D eigenvalue weighted by molar-refractivity contribution is 5.89. The van der Waals surface area contributed by atoms with E-state index in [1.165, 1.54) is 24.3 Å². The van der Waals surface area contributed by atoms with Crippen LogP contribution in [-0.2, 0) is 18.9 Å². The fourth-order valence-electron chi connectivity index (χ4n) is 4.03. The molecule has 0 spiro atoms. The number of rotatable bonds is 9. The Morgan fingerprint density at radius 3 is 2.61 bits per heavy atom. The predicted octanol–water partition coefficient (Wildman–Crippen LogP) is 4.89. The molecule has 2 saturated heterocycles. The summed E-state index contributed by atoms with van der Waals surface area (Å²) in [6.45, 7) is 14.0. The van der Waals surface area contributed by atoms with E-state index in [0.717, 1.165) is 11.1 Å². The minimum absolute atomic E-state index is 0.0833. The molecule has 8 heteroatoms. The normalized spacial score (nSPS) is 24.8. The van der Waals surface area contributed by atoms with Crippen LogP contribution in [0.1, 0.15) is 56.8 Å². The van der Waals surface area contributed by atoms with Crippen LogP contribution in [0.5, 0.6) is 0 Å². The molecule has 8 nitrogen and oxygen atoms in total. The Morgan fingerprint density at radius 1 is 1.33 bits per heavy atom. The second-order valence-corrected chi connectivity index (χ2v) is 8.96. The monoisotopic (exact) mass is 457 g/mol. The lowest BCUT2D eigenvalue weighted by Crippen LogP contribution is -2.31. The Kier molecular flexibility index (Phi) is 7.87. The molecule has 4 atom stereocenters. The van der Waals surface area contributed by atoms with Gasteiger partial charge in [0.25, 0.3) is 5.69 Å². The zero-order valence-electron chi connectivity index (χ0n) is 19.4. The number of hydrogen-bond acceptors (Lipinski definition) is 7. The molecule has 178 valence electrons. The minimum Gasteiger partial charge on any atom is -0.458 e. The summed E-state index contributed by atoms with van der Waals surface area (Å²) in [6, 6.07) is 5.36. The second-order valence-electron chi connectivity index (χ2n) is 8.96. The zero-order valence-corrected chi connectivity index (χ0v) is 19.4. The van der Waals surface area contributed by atoms with E-state index < -0.39 is 22.8 Å². The van der Waals surface area contributed by atoms with E-state index in [0.29, 0.717) is 32.3 Å². The van der Waals surface area contributed by atoms with Gasteiger partial charge in [-0.15, -0.1) is 5.73 Å². The van der Waals surface area contributed by atoms with Gasteiger partial charge in [-0.3, -0.25) is 10.1 Å². The summed E-state index contributed by atoms with van der Waals surface area (Å²) in [4.78, 5) is 23.0. The first-order valence-corrected chi connectivity index (χ1v) is 11.0. The van der Waals surface area contributed by atoms with Crippen molar-refractivity contribution in [1.82, 2.24) is 0 Å². The number of nitro groups is 1. The summed E-state index contributed by atoms with van der Waals surface area (Å²) in [5.74, 6) is -1.14. The van der Waals surface area contributed by atoms with Crippen molar-refractivity contribution in [3.8, 4) is 0 Å². The van der Waals surface area contributed by atoms with Crippen molar-refractivity contribution in [3.63, 3.8) is 0 Å². The van der Waals surface area contributed by atoms with Crippen molar-refractivity contribution in [2.24, 2.45) is 0 Å². The Morgan fingerprint density at radius 2 is 2.03 bits per heavy atom. The molecule has 0 aromatic heterocycles. The number of ether oxygens (including phenoxy) is 4. The number of esters is 1. The van der Waals surface area contributed by atoms with Crippen molar-refractivity contribution in [2.45, 2.75) is 76.7 Å². The number of nitro benzene ring substituents is 1. The molecule has 0 bridgehead atoms. The molecule has 1 unspecified atom stereocenters. The van der Waals surface area contributed by atoms with E-state index in [9.17, 15) is 14.9 Å². The molecule has 3 rings (SSSR count). The summed E-state index contributed by atoms with van der Waals surface area (Å²) in [7, 11) is 0. The molecule has 1 aromatic rings. The highest BCUT2D eigenvalue weighted by Crippen LogP contribution is 2.35. The van der Waals surface area contributed by atoms with Crippen molar-refractivity contribution >= 4 is 11.7 Å². The summed E-state index contributed by atoms with van der Waals surface area (Å²) >= 11 is 0. The zero-order chi connectivity index (χ0) is 24.2. The third-order valence-corrected chi connectivity index (χ3v) is 5.88. The van der Waals surface area contributed by atoms with Gasteiger partial charge in [0.2, 0.25) is 0 Å². The van der Waals surface area contributed by atoms with Gasteiger partial charge >= 0.3 is 5.97 Å².